The second-order valence-corrected chi connectivity index (χ2v) is 7.40. The third-order valence-corrected chi connectivity index (χ3v) is 5.22. The van der Waals surface area contributed by atoms with Crippen LogP contribution < -0.4 is 14.8 Å². The van der Waals surface area contributed by atoms with Gasteiger partial charge in [-0.25, -0.2) is 0 Å². The maximum Gasteiger partial charge on any atom is 0.234 e. The van der Waals surface area contributed by atoms with Crippen molar-refractivity contribution < 1.29 is 14.3 Å². The van der Waals surface area contributed by atoms with Crippen LogP contribution >= 0.6 is 11.8 Å². The molecule has 0 aliphatic heterocycles. The Labute approximate surface area is 180 Å². The predicted octanol–water partition coefficient (Wildman–Crippen LogP) is 4.16. The summed E-state index contributed by atoms with van der Waals surface area (Å²) in [4.78, 5) is 12.6. The molecule has 7 nitrogen and oxygen atoms in total. The van der Waals surface area contributed by atoms with E-state index in [1.807, 2.05) is 49.6 Å². The fourth-order valence-electron chi connectivity index (χ4n) is 2.88. The molecule has 1 amide bonds. The van der Waals surface area contributed by atoms with E-state index in [2.05, 4.69) is 27.6 Å². The number of benzene rings is 2. The lowest BCUT2D eigenvalue weighted by molar-refractivity contribution is -0.113. The van der Waals surface area contributed by atoms with Gasteiger partial charge < -0.3 is 19.4 Å². The topological polar surface area (TPSA) is 78.3 Å². The van der Waals surface area contributed by atoms with E-state index >= 15 is 0 Å². The maximum atomic E-state index is 12.6. The van der Waals surface area contributed by atoms with Crippen molar-refractivity contribution in [2.75, 3.05) is 24.3 Å². The van der Waals surface area contributed by atoms with Crippen LogP contribution in [0.5, 0.6) is 11.5 Å². The van der Waals surface area contributed by atoms with Crippen LogP contribution in [0.15, 0.2) is 53.7 Å². The van der Waals surface area contributed by atoms with Crippen LogP contribution in [0.3, 0.4) is 0 Å². The Balaban J connectivity index is 1.66. The minimum absolute atomic E-state index is 0.151. The van der Waals surface area contributed by atoms with Crippen LogP contribution in [0.2, 0.25) is 0 Å². The van der Waals surface area contributed by atoms with Crippen molar-refractivity contribution in [2.45, 2.75) is 32.5 Å². The number of carbonyl (C=O) groups excluding carboxylic acids is 1. The van der Waals surface area contributed by atoms with Gasteiger partial charge in [0.05, 0.1) is 31.2 Å². The maximum absolute atomic E-state index is 12.6. The van der Waals surface area contributed by atoms with Crippen molar-refractivity contribution in [3.8, 4) is 11.5 Å². The molecule has 3 rings (SSSR count). The van der Waals surface area contributed by atoms with Gasteiger partial charge in [0, 0.05) is 6.07 Å². The quantitative estimate of drug-likeness (QED) is 0.491. The Hall–Kier alpha value is -3.00. The summed E-state index contributed by atoms with van der Waals surface area (Å²) in [5.74, 6) is 2.16. The standard InChI is InChI=1S/C22H26N4O3S/c1-4-28-18-11-12-20(29-5-2)19(13-18)23-21(27)15-30-22-25-24-16(3)26(22)14-17-9-7-6-8-10-17/h6-13H,4-5,14-15H2,1-3H3,(H,23,27). The van der Waals surface area contributed by atoms with Gasteiger partial charge in [-0.2, -0.15) is 0 Å². The first-order valence-corrected chi connectivity index (χ1v) is 10.8. The summed E-state index contributed by atoms with van der Waals surface area (Å²) < 4.78 is 13.2. The van der Waals surface area contributed by atoms with Gasteiger partial charge in [-0.05, 0) is 38.5 Å². The van der Waals surface area contributed by atoms with Crippen LogP contribution in [0.4, 0.5) is 5.69 Å². The SMILES string of the molecule is CCOc1ccc(OCC)c(NC(=O)CSc2nnc(C)n2Cc2ccccc2)c1. The van der Waals surface area contributed by atoms with E-state index in [1.165, 1.54) is 11.8 Å². The van der Waals surface area contributed by atoms with Crippen LogP contribution in [0, 0.1) is 6.92 Å². The lowest BCUT2D eigenvalue weighted by Gasteiger charge is -2.13. The highest BCUT2D eigenvalue weighted by Crippen LogP contribution is 2.30. The number of thioether (sulfide) groups is 1. The number of ether oxygens (including phenoxy) is 2. The van der Waals surface area contributed by atoms with E-state index < -0.39 is 0 Å². The molecule has 1 aromatic heterocycles. The summed E-state index contributed by atoms with van der Waals surface area (Å²) in [5.41, 5.74) is 1.75. The largest absolute Gasteiger partial charge is 0.494 e. The number of aryl methyl sites for hydroxylation is 1. The number of hydrogen-bond acceptors (Lipinski definition) is 6. The lowest BCUT2D eigenvalue weighted by atomic mass is 10.2. The van der Waals surface area contributed by atoms with E-state index in [0.29, 0.717) is 42.1 Å². The van der Waals surface area contributed by atoms with Gasteiger partial charge in [0.1, 0.15) is 17.3 Å². The average Bonchev–Trinajstić information content (AvgIpc) is 3.09. The van der Waals surface area contributed by atoms with E-state index in [9.17, 15) is 4.79 Å². The van der Waals surface area contributed by atoms with Gasteiger partial charge in [-0.15, -0.1) is 10.2 Å². The van der Waals surface area contributed by atoms with Crippen molar-refractivity contribution in [3.63, 3.8) is 0 Å². The summed E-state index contributed by atoms with van der Waals surface area (Å²) in [6, 6.07) is 15.5. The van der Waals surface area contributed by atoms with E-state index in [-0.39, 0.29) is 11.7 Å². The Morgan fingerprint density at radius 2 is 1.83 bits per heavy atom. The van der Waals surface area contributed by atoms with E-state index in [1.54, 1.807) is 12.1 Å². The second kappa shape index (κ2) is 10.7. The highest BCUT2D eigenvalue weighted by Gasteiger charge is 2.14. The van der Waals surface area contributed by atoms with Crippen molar-refractivity contribution >= 4 is 23.4 Å². The summed E-state index contributed by atoms with van der Waals surface area (Å²) in [6.45, 7) is 7.45. The molecule has 0 bridgehead atoms. The van der Waals surface area contributed by atoms with E-state index in [4.69, 9.17) is 9.47 Å². The molecule has 0 aliphatic carbocycles. The first-order chi connectivity index (χ1) is 14.6. The smallest absolute Gasteiger partial charge is 0.234 e. The molecule has 1 N–H and O–H groups in total. The van der Waals surface area contributed by atoms with Crippen LogP contribution in [-0.2, 0) is 11.3 Å². The molecule has 2 aromatic carbocycles. The van der Waals surface area contributed by atoms with E-state index in [0.717, 1.165) is 11.4 Å². The molecule has 0 saturated carbocycles. The highest BCUT2D eigenvalue weighted by atomic mass is 32.2. The molecule has 30 heavy (non-hydrogen) atoms. The Morgan fingerprint density at radius 1 is 1.07 bits per heavy atom. The fourth-order valence-corrected chi connectivity index (χ4v) is 3.66. The van der Waals surface area contributed by atoms with Crippen LogP contribution in [0.1, 0.15) is 25.2 Å². The molecule has 158 valence electrons. The Kier molecular flexibility index (Phi) is 7.73. The minimum atomic E-state index is -0.151. The third kappa shape index (κ3) is 5.76. The average molecular weight is 427 g/mol. The highest BCUT2D eigenvalue weighted by molar-refractivity contribution is 7.99. The van der Waals surface area contributed by atoms with Crippen molar-refractivity contribution in [1.82, 2.24) is 14.8 Å². The molecule has 0 saturated heterocycles. The van der Waals surface area contributed by atoms with Gasteiger partial charge in [-0.1, -0.05) is 42.1 Å². The number of anilines is 1. The molecule has 0 atom stereocenters. The molecular formula is C22H26N4O3S. The first kappa shape index (κ1) is 21.7. The molecule has 3 aromatic rings. The van der Waals surface area contributed by atoms with Gasteiger partial charge in [0.2, 0.25) is 5.91 Å². The molecule has 0 spiro atoms. The molecule has 0 fully saturated rings. The number of hydrogen-bond donors (Lipinski definition) is 1. The Morgan fingerprint density at radius 3 is 2.57 bits per heavy atom. The van der Waals surface area contributed by atoms with Crippen molar-refractivity contribution in [2.24, 2.45) is 0 Å². The Bertz CT molecular complexity index is 976. The molecule has 0 unspecified atom stereocenters. The molecule has 0 aliphatic rings. The fraction of sp³-hybridized carbons (Fsp3) is 0.318. The number of amides is 1. The molecular weight excluding hydrogens is 400 g/mol. The second-order valence-electron chi connectivity index (χ2n) is 6.46. The number of carbonyl (C=O) groups is 1. The van der Waals surface area contributed by atoms with Crippen molar-refractivity contribution in [1.29, 1.82) is 0 Å². The summed E-state index contributed by atoms with van der Waals surface area (Å²) in [5, 5.41) is 12.0. The van der Waals surface area contributed by atoms with Crippen LogP contribution in [-0.4, -0.2) is 39.6 Å². The zero-order valence-electron chi connectivity index (χ0n) is 17.4. The molecule has 0 radical (unpaired) electrons. The predicted molar refractivity (Wildman–Crippen MR) is 118 cm³/mol. The number of nitrogens with one attached hydrogen (secondary N) is 1. The first-order valence-electron chi connectivity index (χ1n) is 9.86. The summed E-state index contributed by atoms with van der Waals surface area (Å²) >= 11 is 1.35. The molecule has 1 heterocycles. The van der Waals surface area contributed by atoms with Gasteiger partial charge >= 0.3 is 0 Å². The summed E-state index contributed by atoms with van der Waals surface area (Å²) in [7, 11) is 0. The number of rotatable bonds is 10. The van der Waals surface area contributed by atoms with Crippen LogP contribution in [0.25, 0.3) is 0 Å². The van der Waals surface area contributed by atoms with Gasteiger partial charge in [0.25, 0.3) is 0 Å². The third-order valence-electron chi connectivity index (χ3n) is 4.25. The minimum Gasteiger partial charge on any atom is -0.494 e. The summed E-state index contributed by atoms with van der Waals surface area (Å²) in [6.07, 6.45) is 0. The zero-order valence-corrected chi connectivity index (χ0v) is 18.2. The number of aromatic nitrogens is 3. The monoisotopic (exact) mass is 426 g/mol. The molecule has 8 heteroatoms. The van der Waals surface area contributed by atoms with Crippen molar-refractivity contribution in [3.05, 3.63) is 59.9 Å². The number of nitrogens with zero attached hydrogens (tertiary/aromatic N) is 3. The van der Waals surface area contributed by atoms with Gasteiger partial charge in [-0.3, -0.25) is 4.79 Å². The normalized spacial score (nSPS) is 10.6. The zero-order chi connectivity index (χ0) is 21.3. The lowest BCUT2D eigenvalue weighted by Crippen LogP contribution is -2.16. The van der Waals surface area contributed by atoms with Gasteiger partial charge in [0.15, 0.2) is 5.16 Å².